The Morgan fingerprint density at radius 2 is 1.60 bits per heavy atom. The van der Waals surface area contributed by atoms with Crippen molar-refractivity contribution in [2.45, 2.75) is 13.0 Å². The molecule has 1 fully saturated rings. The Hall–Kier alpha value is -1.96. The minimum Gasteiger partial charge on any atom is -0.480 e. The Morgan fingerprint density at radius 3 is 2.17 bits per heavy atom. The van der Waals surface area contributed by atoms with Crippen molar-refractivity contribution in [1.29, 1.82) is 0 Å². The molecule has 0 saturated carbocycles. The molecule has 1 atom stereocenters. The van der Waals surface area contributed by atoms with Gasteiger partial charge in [0.05, 0.1) is 12.6 Å². The summed E-state index contributed by atoms with van der Waals surface area (Å²) in [6.45, 7) is 6.68. The molecule has 0 spiro atoms. The monoisotopic (exact) mass is 434 g/mol. The van der Waals surface area contributed by atoms with E-state index in [0.29, 0.717) is 6.61 Å². The number of hydrogen-bond donors (Lipinski definition) is 2. The number of aliphatic hydroxyl groups excluding tert-OH is 1. The minimum absolute atomic E-state index is 0.203. The molecular weight excluding hydrogens is 404 g/mol. The maximum absolute atomic E-state index is 10.5. The van der Waals surface area contributed by atoms with Crippen molar-refractivity contribution in [2.24, 2.45) is 0 Å². The highest BCUT2D eigenvalue weighted by Crippen LogP contribution is 2.30. The Morgan fingerprint density at radius 1 is 1.03 bits per heavy atom. The topological polar surface area (TPSA) is 73.2 Å². The standard InChI is InChI=1S/C21H25ClN2O3.C2H6O/c22-19-8-6-18(7-9-19)21(17-4-2-1-3-5-17)24-12-10-23(11-13-24)14-15-27-16-20(25)26;1-2-3/h1-9,21H,10-16H2,(H,25,26);3H,2H2,1H3. The van der Waals surface area contributed by atoms with Crippen LogP contribution < -0.4 is 0 Å². The Balaban J connectivity index is 0.00000101. The molecule has 1 saturated heterocycles. The summed E-state index contributed by atoms with van der Waals surface area (Å²) in [5.74, 6) is -0.923. The first-order chi connectivity index (χ1) is 14.5. The third-order valence-electron chi connectivity index (χ3n) is 4.85. The second-order valence-electron chi connectivity index (χ2n) is 7.00. The number of aliphatic hydroxyl groups is 1. The van der Waals surface area contributed by atoms with Crippen LogP contribution in [0.5, 0.6) is 0 Å². The van der Waals surface area contributed by atoms with E-state index in [9.17, 15) is 4.79 Å². The zero-order valence-electron chi connectivity index (χ0n) is 17.4. The fourth-order valence-corrected chi connectivity index (χ4v) is 3.62. The number of benzene rings is 2. The molecule has 1 aliphatic heterocycles. The lowest BCUT2D eigenvalue weighted by Gasteiger charge is -2.39. The first-order valence-electron chi connectivity index (χ1n) is 10.2. The van der Waals surface area contributed by atoms with Crippen LogP contribution in [0.15, 0.2) is 54.6 Å². The molecule has 0 amide bonds. The number of ether oxygens (including phenoxy) is 1. The van der Waals surface area contributed by atoms with Gasteiger partial charge in [0.1, 0.15) is 6.61 Å². The molecule has 2 aromatic carbocycles. The summed E-state index contributed by atoms with van der Waals surface area (Å²) in [6, 6.07) is 18.8. The summed E-state index contributed by atoms with van der Waals surface area (Å²) in [4.78, 5) is 15.3. The van der Waals surface area contributed by atoms with Crippen molar-refractivity contribution in [3.8, 4) is 0 Å². The van der Waals surface area contributed by atoms with Crippen LogP contribution in [0.3, 0.4) is 0 Å². The normalized spacial score (nSPS) is 15.8. The van der Waals surface area contributed by atoms with E-state index >= 15 is 0 Å². The fourth-order valence-electron chi connectivity index (χ4n) is 3.49. The number of hydrogen-bond acceptors (Lipinski definition) is 5. The zero-order valence-corrected chi connectivity index (χ0v) is 18.2. The van der Waals surface area contributed by atoms with Crippen LogP contribution in [-0.4, -0.2) is 78.5 Å². The lowest BCUT2D eigenvalue weighted by Crippen LogP contribution is -2.48. The second-order valence-corrected chi connectivity index (χ2v) is 7.44. The number of carboxylic acid groups (broad SMARTS) is 1. The van der Waals surface area contributed by atoms with E-state index in [1.807, 2.05) is 18.2 Å². The predicted octanol–water partition coefficient (Wildman–Crippen LogP) is 3.15. The third kappa shape index (κ3) is 8.05. The van der Waals surface area contributed by atoms with Gasteiger partial charge in [-0.2, -0.15) is 0 Å². The van der Waals surface area contributed by atoms with Crippen LogP contribution in [-0.2, 0) is 9.53 Å². The van der Waals surface area contributed by atoms with Crippen LogP contribution in [0.1, 0.15) is 24.1 Å². The molecule has 0 aliphatic carbocycles. The maximum Gasteiger partial charge on any atom is 0.329 e. The van der Waals surface area contributed by atoms with Gasteiger partial charge < -0.3 is 14.9 Å². The van der Waals surface area contributed by atoms with E-state index in [4.69, 9.17) is 26.6 Å². The molecule has 0 radical (unpaired) electrons. The summed E-state index contributed by atoms with van der Waals surface area (Å²) in [5, 5.41) is 16.9. The van der Waals surface area contributed by atoms with Crippen molar-refractivity contribution in [2.75, 3.05) is 52.5 Å². The van der Waals surface area contributed by atoms with Crippen LogP contribution in [0.4, 0.5) is 0 Å². The summed E-state index contributed by atoms with van der Waals surface area (Å²) in [5.41, 5.74) is 2.52. The first-order valence-corrected chi connectivity index (χ1v) is 10.6. The van der Waals surface area contributed by atoms with Crippen LogP contribution in [0.2, 0.25) is 5.02 Å². The highest BCUT2D eigenvalue weighted by molar-refractivity contribution is 6.30. The van der Waals surface area contributed by atoms with E-state index < -0.39 is 5.97 Å². The Kier molecular flexibility index (Phi) is 10.8. The number of aliphatic carboxylic acids is 1. The van der Waals surface area contributed by atoms with Gasteiger partial charge in [-0.15, -0.1) is 0 Å². The number of carbonyl (C=O) groups is 1. The van der Waals surface area contributed by atoms with E-state index in [0.717, 1.165) is 37.7 Å². The van der Waals surface area contributed by atoms with E-state index in [-0.39, 0.29) is 19.3 Å². The van der Waals surface area contributed by atoms with Gasteiger partial charge in [0, 0.05) is 44.4 Å². The van der Waals surface area contributed by atoms with Crippen molar-refractivity contribution < 1.29 is 19.7 Å². The molecule has 1 heterocycles. The molecule has 2 aromatic rings. The minimum atomic E-state index is -0.923. The van der Waals surface area contributed by atoms with Crippen molar-refractivity contribution in [3.05, 3.63) is 70.7 Å². The smallest absolute Gasteiger partial charge is 0.329 e. The first kappa shape index (κ1) is 24.3. The summed E-state index contributed by atoms with van der Waals surface area (Å²) < 4.78 is 5.15. The summed E-state index contributed by atoms with van der Waals surface area (Å²) in [7, 11) is 0. The summed E-state index contributed by atoms with van der Waals surface area (Å²) in [6.07, 6.45) is 0. The highest BCUT2D eigenvalue weighted by atomic mass is 35.5. The van der Waals surface area contributed by atoms with Crippen LogP contribution in [0.25, 0.3) is 0 Å². The van der Waals surface area contributed by atoms with Gasteiger partial charge in [-0.25, -0.2) is 4.79 Å². The van der Waals surface area contributed by atoms with E-state index in [1.54, 1.807) is 6.92 Å². The summed E-state index contributed by atoms with van der Waals surface area (Å²) >= 11 is 6.08. The van der Waals surface area contributed by atoms with Crippen molar-refractivity contribution >= 4 is 17.6 Å². The second kappa shape index (κ2) is 13.4. The lowest BCUT2D eigenvalue weighted by molar-refractivity contribution is -0.142. The predicted molar refractivity (Wildman–Crippen MR) is 119 cm³/mol. The quantitative estimate of drug-likeness (QED) is 0.622. The van der Waals surface area contributed by atoms with Gasteiger partial charge in [-0.1, -0.05) is 54.1 Å². The molecule has 30 heavy (non-hydrogen) atoms. The number of halogens is 1. The van der Waals surface area contributed by atoms with E-state index in [1.165, 1.54) is 11.1 Å². The van der Waals surface area contributed by atoms with Crippen molar-refractivity contribution in [3.63, 3.8) is 0 Å². The molecule has 7 heteroatoms. The number of piperazine rings is 1. The van der Waals surface area contributed by atoms with Crippen LogP contribution >= 0.6 is 11.6 Å². The van der Waals surface area contributed by atoms with Crippen LogP contribution in [0, 0.1) is 0 Å². The van der Waals surface area contributed by atoms with Gasteiger partial charge >= 0.3 is 5.97 Å². The van der Waals surface area contributed by atoms with Gasteiger partial charge in [-0.3, -0.25) is 9.80 Å². The fraction of sp³-hybridized carbons (Fsp3) is 0.435. The molecule has 164 valence electrons. The lowest BCUT2D eigenvalue weighted by atomic mass is 9.96. The Labute approximate surface area is 183 Å². The molecule has 1 aliphatic rings. The van der Waals surface area contributed by atoms with Gasteiger partial charge in [0.25, 0.3) is 0 Å². The highest BCUT2D eigenvalue weighted by Gasteiger charge is 2.26. The van der Waals surface area contributed by atoms with Gasteiger partial charge in [0.15, 0.2) is 0 Å². The largest absolute Gasteiger partial charge is 0.480 e. The average Bonchev–Trinajstić information content (AvgIpc) is 2.75. The maximum atomic E-state index is 10.5. The molecular formula is C23H31ClN2O4. The van der Waals surface area contributed by atoms with Gasteiger partial charge in [-0.05, 0) is 30.2 Å². The SMILES string of the molecule is CCO.O=C(O)COCCN1CCN(C(c2ccccc2)c2ccc(Cl)cc2)CC1. The number of carboxylic acids is 1. The average molecular weight is 435 g/mol. The Bertz CT molecular complexity index is 735. The zero-order chi connectivity index (χ0) is 21.8. The van der Waals surface area contributed by atoms with Gasteiger partial charge in [0.2, 0.25) is 0 Å². The molecule has 6 nitrogen and oxygen atoms in total. The molecule has 0 aromatic heterocycles. The third-order valence-corrected chi connectivity index (χ3v) is 5.10. The number of rotatable bonds is 8. The van der Waals surface area contributed by atoms with Crippen molar-refractivity contribution in [1.82, 2.24) is 9.80 Å². The number of nitrogens with zero attached hydrogens (tertiary/aromatic N) is 2. The molecule has 3 rings (SSSR count). The molecule has 1 unspecified atom stereocenters. The molecule has 0 bridgehead atoms. The van der Waals surface area contributed by atoms with E-state index in [2.05, 4.69) is 46.2 Å². The molecule has 2 N–H and O–H groups in total.